The summed E-state index contributed by atoms with van der Waals surface area (Å²) in [6, 6.07) is 1.23. The molecule has 0 aliphatic carbocycles. The van der Waals surface area contributed by atoms with Crippen LogP contribution in [-0.4, -0.2) is 61.7 Å². The van der Waals surface area contributed by atoms with Gasteiger partial charge in [0, 0.05) is 19.3 Å². The second-order valence-electron chi connectivity index (χ2n) is 5.06. The van der Waals surface area contributed by atoms with E-state index in [1.165, 1.54) is 12.3 Å². The number of carbonyl (C=O) groups is 1. The number of carboxylic acid groups (broad SMARTS) is 1. The molecule has 4 N–H and O–H groups in total. The molecule has 1 aliphatic heterocycles. The summed E-state index contributed by atoms with van der Waals surface area (Å²) >= 11 is 0. The van der Waals surface area contributed by atoms with Gasteiger partial charge in [-0.1, -0.05) is 0 Å². The van der Waals surface area contributed by atoms with Crippen molar-refractivity contribution in [3.63, 3.8) is 0 Å². The zero-order valence-corrected chi connectivity index (χ0v) is 11.9. The van der Waals surface area contributed by atoms with Crippen molar-refractivity contribution < 1.29 is 34.7 Å². The van der Waals surface area contributed by atoms with Gasteiger partial charge in [0.05, 0.1) is 5.69 Å². The highest BCUT2D eigenvalue weighted by Gasteiger charge is 2.48. The van der Waals surface area contributed by atoms with Crippen LogP contribution in [0.25, 0.3) is 0 Å². The summed E-state index contributed by atoms with van der Waals surface area (Å²) in [6.07, 6.45) is -7.18. The number of pyridine rings is 1. The number of carboxylic acids is 1. The lowest BCUT2D eigenvalue weighted by Crippen LogP contribution is -2.61. The van der Waals surface area contributed by atoms with E-state index in [9.17, 15) is 24.9 Å². The molecule has 0 amide bonds. The molecule has 9 nitrogen and oxygen atoms in total. The van der Waals surface area contributed by atoms with Crippen LogP contribution in [0.2, 0.25) is 0 Å². The SMILES string of the molecule is Cc1c(O[C@@H]2OC(C(=O)O)[C@H](O)C(O)C2O)c(=O)ccn1C. The monoisotopic (exact) mass is 315 g/mol. The number of aliphatic carboxylic acids is 1. The predicted molar refractivity (Wildman–Crippen MR) is 71.4 cm³/mol. The molecule has 1 aromatic heterocycles. The van der Waals surface area contributed by atoms with Crippen LogP contribution in [0.5, 0.6) is 5.75 Å². The van der Waals surface area contributed by atoms with Crippen LogP contribution in [0.15, 0.2) is 17.1 Å². The Labute approximate surface area is 125 Å². The number of ether oxygens (including phenoxy) is 2. The van der Waals surface area contributed by atoms with Gasteiger partial charge >= 0.3 is 5.97 Å². The molecular weight excluding hydrogens is 298 g/mol. The van der Waals surface area contributed by atoms with Crippen LogP contribution in [0.3, 0.4) is 0 Å². The topological polar surface area (TPSA) is 138 Å². The zero-order chi connectivity index (χ0) is 16.6. The molecule has 0 aromatic carbocycles. The smallest absolute Gasteiger partial charge is 0.335 e. The Morgan fingerprint density at radius 3 is 2.50 bits per heavy atom. The van der Waals surface area contributed by atoms with Crippen molar-refractivity contribution in [3.05, 3.63) is 28.2 Å². The van der Waals surface area contributed by atoms with Crippen molar-refractivity contribution in [3.8, 4) is 5.75 Å². The van der Waals surface area contributed by atoms with E-state index in [4.69, 9.17) is 14.6 Å². The Morgan fingerprint density at radius 1 is 1.27 bits per heavy atom. The molecule has 1 saturated heterocycles. The van der Waals surface area contributed by atoms with E-state index >= 15 is 0 Å². The van der Waals surface area contributed by atoms with Gasteiger partial charge in [-0.3, -0.25) is 4.79 Å². The highest BCUT2D eigenvalue weighted by Crippen LogP contribution is 2.24. The first kappa shape index (κ1) is 16.4. The van der Waals surface area contributed by atoms with E-state index in [0.717, 1.165) is 0 Å². The van der Waals surface area contributed by atoms with Gasteiger partial charge in [0.25, 0.3) is 0 Å². The number of aromatic nitrogens is 1. The highest BCUT2D eigenvalue weighted by molar-refractivity contribution is 5.73. The number of hydrogen-bond acceptors (Lipinski definition) is 7. The Bertz CT molecular complexity index is 627. The van der Waals surface area contributed by atoms with E-state index in [0.29, 0.717) is 5.69 Å². The standard InChI is InChI=1S/C13H17NO8/c1-5-10(6(15)3-4-14(5)2)21-13-9(18)7(16)8(17)11(22-13)12(19)20/h3-4,7-9,11,13,16-18H,1-2H3,(H,19,20)/t7?,8-,9?,11?,13-/m1/s1. The van der Waals surface area contributed by atoms with Crippen LogP contribution in [-0.2, 0) is 16.6 Å². The lowest BCUT2D eigenvalue weighted by atomic mass is 9.99. The Hall–Kier alpha value is -1.94. The van der Waals surface area contributed by atoms with Crippen LogP contribution in [0.4, 0.5) is 0 Å². The maximum atomic E-state index is 11.8. The van der Waals surface area contributed by atoms with Gasteiger partial charge in [-0.25, -0.2) is 4.79 Å². The summed E-state index contributed by atoms with van der Waals surface area (Å²) in [6.45, 7) is 1.59. The van der Waals surface area contributed by atoms with Crippen LogP contribution in [0.1, 0.15) is 5.69 Å². The van der Waals surface area contributed by atoms with Gasteiger partial charge in [0.2, 0.25) is 11.7 Å². The van der Waals surface area contributed by atoms with Crippen molar-refractivity contribution in [2.45, 2.75) is 37.6 Å². The molecule has 0 bridgehead atoms. The van der Waals surface area contributed by atoms with Gasteiger partial charge < -0.3 is 34.5 Å². The molecule has 0 saturated carbocycles. The fraction of sp³-hybridized carbons (Fsp3) is 0.538. The third-order valence-electron chi connectivity index (χ3n) is 3.58. The number of aliphatic hydroxyl groups is 3. The third-order valence-corrected chi connectivity index (χ3v) is 3.58. The second-order valence-corrected chi connectivity index (χ2v) is 5.06. The average Bonchev–Trinajstić information content (AvgIpc) is 2.47. The maximum Gasteiger partial charge on any atom is 0.335 e. The number of aliphatic hydroxyl groups excluding tert-OH is 3. The highest BCUT2D eigenvalue weighted by atomic mass is 16.7. The first-order valence-electron chi connectivity index (χ1n) is 6.49. The molecule has 2 rings (SSSR count). The van der Waals surface area contributed by atoms with Crippen LogP contribution in [0, 0.1) is 6.92 Å². The first-order valence-corrected chi connectivity index (χ1v) is 6.49. The molecule has 1 fully saturated rings. The van der Waals surface area contributed by atoms with E-state index in [-0.39, 0.29) is 5.75 Å². The minimum atomic E-state index is -1.81. The Balaban J connectivity index is 2.31. The quantitative estimate of drug-likeness (QED) is 0.501. The van der Waals surface area contributed by atoms with E-state index < -0.39 is 42.1 Å². The molecule has 22 heavy (non-hydrogen) atoms. The second kappa shape index (κ2) is 6.05. The molecule has 9 heteroatoms. The van der Waals surface area contributed by atoms with Crippen molar-refractivity contribution in [2.75, 3.05) is 0 Å². The van der Waals surface area contributed by atoms with E-state index in [1.54, 1.807) is 18.5 Å². The van der Waals surface area contributed by atoms with Gasteiger partial charge in [-0.15, -0.1) is 0 Å². The van der Waals surface area contributed by atoms with Crippen molar-refractivity contribution >= 4 is 5.97 Å². The number of rotatable bonds is 3. The molecular formula is C13H17NO8. The normalized spacial score (nSPS) is 31.8. The Morgan fingerprint density at radius 2 is 1.91 bits per heavy atom. The predicted octanol–water partition coefficient (Wildman–Crippen LogP) is -2.04. The Kier molecular flexibility index (Phi) is 4.52. The number of aryl methyl sites for hydroxylation is 1. The van der Waals surface area contributed by atoms with Crippen LogP contribution >= 0.6 is 0 Å². The molecule has 1 aromatic rings. The van der Waals surface area contributed by atoms with Crippen molar-refractivity contribution in [1.29, 1.82) is 0 Å². The first-order chi connectivity index (χ1) is 10.2. The number of hydrogen-bond donors (Lipinski definition) is 4. The summed E-state index contributed by atoms with van der Waals surface area (Å²) in [5, 5.41) is 38.1. The third kappa shape index (κ3) is 2.83. The van der Waals surface area contributed by atoms with Gasteiger partial charge in [0.1, 0.15) is 18.3 Å². The molecule has 0 radical (unpaired) electrons. The maximum absolute atomic E-state index is 11.8. The lowest BCUT2D eigenvalue weighted by Gasteiger charge is -2.38. The largest absolute Gasteiger partial charge is 0.479 e. The minimum absolute atomic E-state index is 0.137. The zero-order valence-electron chi connectivity index (χ0n) is 11.9. The van der Waals surface area contributed by atoms with Crippen LogP contribution < -0.4 is 10.2 Å². The summed E-state index contributed by atoms with van der Waals surface area (Å²) in [5.41, 5.74) is -0.0605. The minimum Gasteiger partial charge on any atom is -0.479 e. The van der Waals surface area contributed by atoms with Gasteiger partial charge in [0.15, 0.2) is 11.9 Å². The molecule has 1 aliphatic rings. The number of nitrogens with zero attached hydrogens (tertiary/aromatic N) is 1. The molecule has 3 unspecified atom stereocenters. The molecule has 5 atom stereocenters. The summed E-state index contributed by atoms with van der Waals surface area (Å²) < 4.78 is 11.8. The summed E-state index contributed by atoms with van der Waals surface area (Å²) in [5.74, 6) is -1.66. The fourth-order valence-corrected chi connectivity index (χ4v) is 2.11. The van der Waals surface area contributed by atoms with Gasteiger partial charge in [-0.2, -0.15) is 0 Å². The van der Waals surface area contributed by atoms with Crippen molar-refractivity contribution in [1.82, 2.24) is 4.57 Å². The molecule has 0 spiro atoms. The molecule has 2 heterocycles. The van der Waals surface area contributed by atoms with E-state index in [1.807, 2.05) is 0 Å². The summed E-state index contributed by atoms with van der Waals surface area (Å²) in [4.78, 5) is 22.8. The van der Waals surface area contributed by atoms with Crippen molar-refractivity contribution in [2.24, 2.45) is 7.05 Å². The summed E-state index contributed by atoms with van der Waals surface area (Å²) in [7, 11) is 1.67. The lowest BCUT2D eigenvalue weighted by molar-refractivity contribution is -0.271. The molecule has 122 valence electrons. The fourth-order valence-electron chi connectivity index (χ4n) is 2.11. The van der Waals surface area contributed by atoms with Gasteiger partial charge in [-0.05, 0) is 6.92 Å². The average molecular weight is 315 g/mol. The van der Waals surface area contributed by atoms with E-state index in [2.05, 4.69) is 0 Å².